The van der Waals surface area contributed by atoms with Crippen molar-refractivity contribution in [1.29, 1.82) is 0 Å². The van der Waals surface area contributed by atoms with E-state index in [1.165, 1.54) is 5.56 Å². The van der Waals surface area contributed by atoms with Crippen LogP contribution in [0.2, 0.25) is 0 Å². The van der Waals surface area contributed by atoms with Crippen molar-refractivity contribution in [2.75, 3.05) is 19.0 Å². The number of carbonyl (C=O) groups excluding carboxylic acids is 1. The van der Waals surface area contributed by atoms with Crippen LogP contribution in [-0.2, 0) is 12.8 Å². The van der Waals surface area contributed by atoms with Gasteiger partial charge < -0.3 is 10.0 Å². The number of carbonyl (C=O) groups is 1. The maximum Gasteiger partial charge on any atom is 0.264 e. The molecule has 4 aromatic carbocycles. The van der Waals surface area contributed by atoms with Crippen molar-refractivity contribution in [3.63, 3.8) is 0 Å². The molecule has 1 N–H and O–H groups in total. The third kappa shape index (κ3) is 5.34. The lowest BCUT2D eigenvalue weighted by Crippen LogP contribution is -2.15. The monoisotopic (exact) mass is 515 g/mol. The van der Waals surface area contributed by atoms with E-state index in [9.17, 15) is 9.90 Å². The summed E-state index contributed by atoms with van der Waals surface area (Å²) in [5.41, 5.74) is 7.75. The second-order valence-corrected chi connectivity index (χ2v) is 10.1. The molecule has 0 saturated carbocycles. The maximum absolute atomic E-state index is 14.2. The average molecular weight is 516 g/mol. The van der Waals surface area contributed by atoms with E-state index < -0.39 is 0 Å². The van der Waals surface area contributed by atoms with Crippen LogP contribution in [0.3, 0.4) is 0 Å². The zero-order valence-corrected chi connectivity index (χ0v) is 22.8. The topological polar surface area (TPSA) is 58.4 Å². The molecule has 0 radical (unpaired) electrons. The highest BCUT2D eigenvalue weighted by Gasteiger charge is 2.26. The molecule has 5 nitrogen and oxygen atoms in total. The number of aryl methyl sites for hydroxylation is 4. The summed E-state index contributed by atoms with van der Waals surface area (Å²) in [4.78, 5) is 21.4. The van der Waals surface area contributed by atoms with Crippen LogP contribution in [0.15, 0.2) is 97.1 Å². The fourth-order valence-corrected chi connectivity index (χ4v) is 4.95. The molecule has 0 aliphatic rings. The maximum atomic E-state index is 14.2. The SMILES string of the molecule is Cc1cc(-c2nc(CCc3ccccc3)c(-c3ccc(N(C)C)cc3)n2C(=O)c2ccccc2)cc(C)c1O. The van der Waals surface area contributed by atoms with E-state index in [-0.39, 0.29) is 11.7 Å². The van der Waals surface area contributed by atoms with E-state index in [0.29, 0.717) is 17.8 Å². The molecule has 1 aromatic heterocycles. The van der Waals surface area contributed by atoms with Crippen LogP contribution in [0.25, 0.3) is 22.6 Å². The van der Waals surface area contributed by atoms with Crippen LogP contribution in [-0.4, -0.2) is 34.7 Å². The molecule has 0 amide bonds. The molecule has 196 valence electrons. The van der Waals surface area contributed by atoms with Gasteiger partial charge in [-0.25, -0.2) is 4.98 Å². The Morgan fingerprint density at radius 2 is 1.38 bits per heavy atom. The van der Waals surface area contributed by atoms with E-state index in [4.69, 9.17) is 4.98 Å². The van der Waals surface area contributed by atoms with Crippen LogP contribution in [0, 0.1) is 13.8 Å². The van der Waals surface area contributed by atoms with Crippen LogP contribution in [0.1, 0.15) is 32.7 Å². The standard InChI is InChI=1S/C34H33N3O2/c1-23-21-28(22-24(2)32(23)38)33-35-30(20-15-25-11-7-5-8-12-25)31(26-16-18-29(19-17-26)36(3)4)37(33)34(39)27-13-9-6-10-14-27/h5-14,16-19,21-22,38H,15,20H2,1-4H3. The second-order valence-electron chi connectivity index (χ2n) is 10.1. The van der Waals surface area contributed by atoms with Gasteiger partial charge in [0.05, 0.1) is 11.4 Å². The van der Waals surface area contributed by atoms with Crippen LogP contribution < -0.4 is 4.90 Å². The third-order valence-electron chi connectivity index (χ3n) is 7.07. The number of hydrogen-bond acceptors (Lipinski definition) is 4. The van der Waals surface area contributed by atoms with E-state index in [1.807, 2.05) is 88.6 Å². The van der Waals surface area contributed by atoms with E-state index in [2.05, 4.69) is 41.3 Å². The van der Waals surface area contributed by atoms with Crippen LogP contribution in [0.4, 0.5) is 5.69 Å². The van der Waals surface area contributed by atoms with Gasteiger partial charge in [0.25, 0.3) is 5.91 Å². The first-order valence-electron chi connectivity index (χ1n) is 13.2. The number of anilines is 1. The number of imidazole rings is 1. The van der Waals surface area contributed by atoms with Crippen molar-refractivity contribution < 1.29 is 9.90 Å². The Kier molecular flexibility index (Phi) is 7.33. The minimum Gasteiger partial charge on any atom is -0.507 e. The molecule has 0 aliphatic heterocycles. The number of aromatic hydroxyl groups is 1. The Labute approximate surface area is 230 Å². The molecule has 1 heterocycles. The zero-order chi connectivity index (χ0) is 27.5. The molecule has 5 rings (SSSR count). The van der Waals surface area contributed by atoms with Crippen molar-refractivity contribution in [1.82, 2.24) is 9.55 Å². The summed E-state index contributed by atoms with van der Waals surface area (Å²) in [6.07, 6.45) is 1.47. The summed E-state index contributed by atoms with van der Waals surface area (Å²) in [6.45, 7) is 3.74. The van der Waals surface area contributed by atoms with Crippen LogP contribution in [0.5, 0.6) is 5.75 Å². The molecular weight excluding hydrogens is 482 g/mol. The third-order valence-corrected chi connectivity index (χ3v) is 7.07. The molecule has 0 bridgehead atoms. The van der Waals surface area contributed by atoms with Gasteiger partial charge in [0.1, 0.15) is 11.6 Å². The quantitative estimate of drug-likeness (QED) is 0.252. The first-order valence-corrected chi connectivity index (χ1v) is 13.2. The number of hydrogen-bond donors (Lipinski definition) is 1. The molecule has 0 aliphatic carbocycles. The Balaban J connectivity index is 1.75. The molecule has 0 unspecified atom stereocenters. The number of aromatic nitrogens is 2. The number of phenolic OH excluding ortho intramolecular Hbond substituents is 1. The average Bonchev–Trinajstić information content (AvgIpc) is 3.34. The smallest absolute Gasteiger partial charge is 0.264 e. The van der Waals surface area contributed by atoms with Crippen molar-refractivity contribution in [2.45, 2.75) is 26.7 Å². The Bertz CT molecular complexity index is 1580. The summed E-state index contributed by atoms with van der Waals surface area (Å²) in [7, 11) is 4.02. The van der Waals surface area contributed by atoms with Crippen molar-refractivity contribution in [3.05, 3.63) is 125 Å². The summed E-state index contributed by atoms with van der Waals surface area (Å²) >= 11 is 0. The summed E-state index contributed by atoms with van der Waals surface area (Å²) in [6, 6.07) is 31.7. The minimum atomic E-state index is -0.140. The zero-order valence-electron chi connectivity index (χ0n) is 22.8. The van der Waals surface area contributed by atoms with E-state index >= 15 is 0 Å². The first-order chi connectivity index (χ1) is 18.8. The predicted octanol–water partition coefficient (Wildman–Crippen LogP) is 7.08. The molecular formula is C34H33N3O2. The summed E-state index contributed by atoms with van der Waals surface area (Å²) < 4.78 is 1.76. The molecule has 0 spiro atoms. The molecule has 5 heteroatoms. The number of nitrogens with zero attached hydrogens (tertiary/aromatic N) is 3. The van der Waals surface area contributed by atoms with Gasteiger partial charge in [0, 0.05) is 36.5 Å². The van der Waals surface area contributed by atoms with Gasteiger partial charge in [0.2, 0.25) is 0 Å². The van der Waals surface area contributed by atoms with Gasteiger partial charge in [-0.1, -0.05) is 60.7 Å². The Morgan fingerprint density at radius 1 is 0.795 bits per heavy atom. The molecule has 0 fully saturated rings. The minimum absolute atomic E-state index is 0.140. The van der Waals surface area contributed by atoms with E-state index in [1.54, 1.807) is 4.57 Å². The fraction of sp³-hybridized carbons (Fsp3) is 0.176. The van der Waals surface area contributed by atoms with Crippen molar-refractivity contribution in [2.24, 2.45) is 0 Å². The van der Waals surface area contributed by atoms with Gasteiger partial charge in [-0.05, 0) is 79.8 Å². The second kappa shape index (κ2) is 11.0. The Morgan fingerprint density at radius 3 is 1.97 bits per heavy atom. The summed E-state index contributed by atoms with van der Waals surface area (Å²) in [5, 5.41) is 10.5. The lowest BCUT2D eigenvalue weighted by atomic mass is 10.0. The highest BCUT2D eigenvalue weighted by Crippen LogP contribution is 2.35. The van der Waals surface area contributed by atoms with Gasteiger partial charge in [0.15, 0.2) is 0 Å². The molecule has 0 atom stereocenters. The van der Waals surface area contributed by atoms with Crippen molar-refractivity contribution in [3.8, 4) is 28.4 Å². The van der Waals surface area contributed by atoms with Crippen LogP contribution >= 0.6 is 0 Å². The largest absolute Gasteiger partial charge is 0.507 e. The number of rotatable bonds is 7. The highest BCUT2D eigenvalue weighted by molar-refractivity contribution is 6.01. The molecule has 0 saturated heterocycles. The van der Waals surface area contributed by atoms with Gasteiger partial charge >= 0.3 is 0 Å². The van der Waals surface area contributed by atoms with Crippen molar-refractivity contribution >= 4 is 11.6 Å². The lowest BCUT2D eigenvalue weighted by Gasteiger charge is -2.15. The molecule has 39 heavy (non-hydrogen) atoms. The first kappa shape index (κ1) is 26.0. The summed E-state index contributed by atoms with van der Waals surface area (Å²) in [5.74, 6) is 0.693. The fourth-order valence-electron chi connectivity index (χ4n) is 4.95. The van der Waals surface area contributed by atoms with Gasteiger partial charge in [-0.15, -0.1) is 0 Å². The normalized spacial score (nSPS) is 11.0. The lowest BCUT2D eigenvalue weighted by molar-refractivity contribution is 0.0963. The molecule has 5 aromatic rings. The number of phenols is 1. The highest BCUT2D eigenvalue weighted by atomic mass is 16.3. The van der Waals surface area contributed by atoms with Gasteiger partial charge in [-0.2, -0.15) is 0 Å². The Hall–Kier alpha value is -4.64. The predicted molar refractivity (Wildman–Crippen MR) is 159 cm³/mol. The number of benzene rings is 4. The van der Waals surface area contributed by atoms with Gasteiger partial charge in [-0.3, -0.25) is 9.36 Å². The van der Waals surface area contributed by atoms with E-state index in [0.717, 1.165) is 45.7 Å².